The van der Waals surface area contributed by atoms with E-state index in [2.05, 4.69) is 0 Å². The van der Waals surface area contributed by atoms with Crippen LogP contribution in [0.5, 0.6) is 0 Å². The first-order valence-corrected chi connectivity index (χ1v) is 6.39. The molecule has 0 fully saturated rings. The summed E-state index contributed by atoms with van der Waals surface area (Å²) < 4.78 is 40.3. The maximum Gasteiger partial charge on any atom is 0.416 e. The van der Waals surface area contributed by atoms with Gasteiger partial charge in [-0.1, -0.05) is 24.3 Å². The molecule has 3 nitrogen and oxygen atoms in total. The van der Waals surface area contributed by atoms with Gasteiger partial charge in [-0.3, -0.25) is 4.79 Å². The molecule has 0 bridgehead atoms. The first-order chi connectivity index (χ1) is 9.80. The van der Waals surface area contributed by atoms with Crippen LogP contribution in [0.1, 0.15) is 22.9 Å². The topological polar surface area (TPSA) is 48.0 Å². The summed E-state index contributed by atoms with van der Waals surface area (Å²) in [6, 6.07) is 8.92. The second-order valence-corrected chi connectivity index (χ2v) is 4.81. The molecule has 2 aromatic rings. The van der Waals surface area contributed by atoms with Crippen molar-refractivity contribution in [3.63, 3.8) is 0 Å². The summed E-state index contributed by atoms with van der Waals surface area (Å²) in [5.74, 6) is 0. The van der Waals surface area contributed by atoms with Crippen LogP contribution >= 0.6 is 0 Å². The Morgan fingerprint density at radius 3 is 2.43 bits per heavy atom. The van der Waals surface area contributed by atoms with Gasteiger partial charge in [0.2, 0.25) is 0 Å². The van der Waals surface area contributed by atoms with Crippen molar-refractivity contribution < 1.29 is 13.2 Å². The zero-order valence-corrected chi connectivity index (χ0v) is 11.4. The van der Waals surface area contributed by atoms with Crippen LogP contribution in [0.25, 0.3) is 0 Å². The Morgan fingerprint density at radius 2 is 1.81 bits per heavy atom. The number of nitrogens with two attached hydrogens (primary N) is 1. The minimum absolute atomic E-state index is 0.00139. The van der Waals surface area contributed by atoms with Crippen LogP contribution in [0.15, 0.2) is 47.3 Å². The van der Waals surface area contributed by atoms with Crippen LogP contribution in [-0.2, 0) is 12.7 Å². The first kappa shape index (κ1) is 15.3. The van der Waals surface area contributed by atoms with E-state index >= 15 is 0 Å². The van der Waals surface area contributed by atoms with Crippen LogP contribution < -0.4 is 11.3 Å². The zero-order chi connectivity index (χ0) is 15.6. The average Bonchev–Trinajstić information content (AvgIpc) is 2.42. The van der Waals surface area contributed by atoms with E-state index in [-0.39, 0.29) is 17.7 Å². The van der Waals surface area contributed by atoms with Crippen molar-refractivity contribution in [2.45, 2.75) is 25.7 Å². The Hall–Kier alpha value is -2.08. The van der Waals surface area contributed by atoms with Crippen LogP contribution in [-0.4, -0.2) is 4.57 Å². The Kier molecular flexibility index (Phi) is 4.18. The van der Waals surface area contributed by atoms with Gasteiger partial charge in [0, 0.05) is 24.3 Å². The van der Waals surface area contributed by atoms with Gasteiger partial charge < -0.3 is 10.3 Å². The Morgan fingerprint density at radius 1 is 1.14 bits per heavy atom. The molecule has 1 atom stereocenters. The first-order valence-electron chi connectivity index (χ1n) is 6.39. The summed E-state index contributed by atoms with van der Waals surface area (Å²) in [6.45, 7) is 1.71. The lowest BCUT2D eigenvalue weighted by Gasteiger charge is -2.20. The average molecular weight is 296 g/mol. The van der Waals surface area contributed by atoms with E-state index in [1.54, 1.807) is 19.1 Å². The summed E-state index contributed by atoms with van der Waals surface area (Å²) in [7, 11) is 0. The van der Waals surface area contributed by atoms with E-state index in [1.807, 2.05) is 0 Å². The second-order valence-electron chi connectivity index (χ2n) is 4.81. The largest absolute Gasteiger partial charge is 0.416 e. The molecule has 0 spiro atoms. The number of nitrogens with zero attached hydrogens (tertiary/aromatic N) is 1. The number of aromatic nitrogens is 1. The molecule has 0 saturated heterocycles. The van der Waals surface area contributed by atoms with Gasteiger partial charge >= 0.3 is 6.18 Å². The number of hydrogen-bond acceptors (Lipinski definition) is 2. The number of halogens is 3. The smallest absolute Gasteiger partial charge is 0.322 e. The molecule has 2 N–H and O–H groups in total. The molecule has 0 aliphatic rings. The van der Waals surface area contributed by atoms with Gasteiger partial charge in [0.1, 0.15) is 0 Å². The molecule has 6 heteroatoms. The van der Waals surface area contributed by atoms with Gasteiger partial charge in [0.25, 0.3) is 5.56 Å². The fourth-order valence-corrected chi connectivity index (χ4v) is 2.23. The molecule has 1 unspecified atom stereocenters. The normalized spacial score (nSPS) is 13.2. The minimum atomic E-state index is -4.47. The quantitative estimate of drug-likeness (QED) is 0.946. The van der Waals surface area contributed by atoms with E-state index in [0.717, 1.165) is 6.07 Å². The minimum Gasteiger partial charge on any atom is -0.322 e. The number of pyridine rings is 1. The zero-order valence-electron chi connectivity index (χ0n) is 11.4. The molecule has 0 aliphatic carbocycles. The van der Waals surface area contributed by atoms with Crippen LogP contribution in [0.4, 0.5) is 13.2 Å². The molecule has 0 amide bonds. The van der Waals surface area contributed by atoms with Crippen LogP contribution in [0.2, 0.25) is 0 Å². The molecule has 0 radical (unpaired) electrons. The molecule has 112 valence electrons. The Balaban J connectivity index is 2.38. The molecular weight excluding hydrogens is 281 g/mol. The van der Waals surface area contributed by atoms with Crippen molar-refractivity contribution in [3.05, 3.63) is 69.6 Å². The standard InChI is InChI=1S/C15H15F3N2O/c1-10-5-4-8-14(21)20(10)9-13(19)11-6-2-3-7-12(11)15(16,17)18/h2-8,13H,9,19H2,1H3. The van der Waals surface area contributed by atoms with Gasteiger partial charge in [0.15, 0.2) is 0 Å². The van der Waals surface area contributed by atoms with E-state index in [4.69, 9.17) is 5.73 Å². The van der Waals surface area contributed by atoms with Gasteiger partial charge in [0.05, 0.1) is 5.56 Å². The molecular formula is C15H15F3N2O. The van der Waals surface area contributed by atoms with Gasteiger partial charge in [-0.2, -0.15) is 13.2 Å². The highest BCUT2D eigenvalue weighted by atomic mass is 19.4. The van der Waals surface area contributed by atoms with Crippen LogP contribution in [0, 0.1) is 6.92 Å². The van der Waals surface area contributed by atoms with Crippen LogP contribution in [0.3, 0.4) is 0 Å². The van der Waals surface area contributed by atoms with Crippen molar-refractivity contribution in [3.8, 4) is 0 Å². The summed E-state index contributed by atoms with van der Waals surface area (Å²) in [5.41, 5.74) is 5.50. The number of alkyl halides is 3. The maximum absolute atomic E-state index is 13.0. The Bertz CT molecular complexity index is 692. The van der Waals surface area contributed by atoms with E-state index in [1.165, 1.54) is 28.8 Å². The molecule has 1 aromatic heterocycles. The monoisotopic (exact) mass is 296 g/mol. The highest BCUT2D eigenvalue weighted by Gasteiger charge is 2.34. The van der Waals surface area contributed by atoms with Gasteiger partial charge in [-0.25, -0.2) is 0 Å². The van der Waals surface area contributed by atoms with Crippen molar-refractivity contribution in [2.75, 3.05) is 0 Å². The fourth-order valence-electron chi connectivity index (χ4n) is 2.23. The second kappa shape index (κ2) is 5.73. The van der Waals surface area contributed by atoms with Crippen molar-refractivity contribution >= 4 is 0 Å². The van der Waals surface area contributed by atoms with Crippen molar-refractivity contribution in [2.24, 2.45) is 5.73 Å². The third kappa shape index (κ3) is 3.33. The summed E-state index contributed by atoms with van der Waals surface area (Å²) in [4.78, 5) is 11.8. The SMILES string of the molecule is Cc1cccc(=O)n1CC(N)c1ccccc1C(F)(F)F. The molecule has 2 rings (SSSR count). The molecule has 0 saturated carbocycles. The van der Waals surface area contributed by atoms with Crippen molar-refractivity contribution in [1.82, 2.24) is 4.57 Å². The number of rotatable bonds is 3. The highest BCUT2D eigenvalue weighted by molar-refractivity contribution is 5.32. The summed E-state index contributed by atoms with van der Waals surface area (Å²) in [6.07, 6.45) is -4.47. The van der Waals surface area contributed by atoms with Gasteiger partial charge in [-0.05, 0) is 24.6 Å². The lowest BCUT2D eigenvalue weighted by atomic mass is 10.00. The lowest BCUT2D eigenvalue weighted by molar-refractivity contribution is -0.138. The predicted molar refractivity (Wildman–Crippen MR) is 73.8 cm³/mol. The van der Waals surface area contributed by atoms with E-state index in [9.17, 15) is 18.0 Å². The summed E-state index contributed by atoms with van der Waals surface area (Å²) in [5, 5.41) is 0. The van der Waals surface area contributed by atoms with E-state index < -0.39 is 17.8 Å². The predicted octanol–water partition coefficient (Wildman–Crippen LogP) is 2.88. The lowest BCUT2D eigenvalue weighted by Crippen LogP contribution is -2.29. The third-order valence-corrected chi connectivity index (χ3v) is 3.31. The molecule has 1 aromatic carbocycles. The fraction of sp³-hybridized carbons (Fsp3) is 0.267. The van der Waals surface area contributed by atoms with Gasteiger partial charge in [-0.15, -0.1) is 0 Å². The molecule has 0 aliphatic heterocycles. The highest BCUT2D eigenvalue weighted by Crippen LogP contribution is 2.34. The number of hydrogen-bond donors (Lipinski definition) is 1. The third-order valence-electron chi connectivity index (χ3n) is 3.31. The Labute approximate surface area is 119 Å². The van der Waals surface area contributed by atoms with E-state index in [0.29, 0.717) is 5.69 Å². The number of aryl methyl sites for hydroxylation is 1. The molecule has 21 heavy (non-hydrogen) atoms. The van der Waals surface area contributed by atoms with Crippen molar-refractivity contribution in [1.29, 1.82) is 0 Å². The number of benzene rings is 1. The summed E-state index contributed by atoms with van der Waals surface area (Å²) >= 11 is 0. The maximum atomic E-state index is 13.0. The molecule has 1 heterocycles.